The van der Waals surface area contributed by atoms with Gasteiger partial charge in [-0.2, -0.15) is 0 Å². The zero-order chi connectivity index (χ0) is 21.0. The van der Waals surface area contributed by atoms with E-state index in [0.29, 0.717) is 18.0 Å². The highest BCUT2D eigenvalue weighted by molar-refractivity contribution is 6.00. The summed E-state index contributed by atoms with van der Waals surface area (Å²) in [6, 6.07) is 15.0. The smallest absolute Gasteiger partial charge is 0.267 e. The van der Waals surface area contributed by atoms with E-state index in [4.69, 9.17) is 9.47 Å². The molecule has 0 radical (unpaired) electrons. The summed E-state index contributed by atoms with van der Waals surface area (Å²) in [4.78, 5) is 26.9. The van der Waals surface area contributed by atoms with Gasteiger partial charge in [-0.1, -0.05) is 38.1 Å². The number of nitrogens with zero attached hydrogens (tertiary/aromatic N) is 1. The third-order valence-corrected chi connectivity index (χ3v) is 5.09. The van der Waals surface area contributed by atoms with Gasteiger partial charge in [0.1, 0.15) is 11.5 Å². The average molecular weight is 396 g/mol. The molecule has 1 aliphatic heterocycles. The van der Waals surface area contributed by atoms with Gasteiger partial charge in [0.25, 0.3) is 5.91 Å². The Kier molecular flexibility index (Phi) is 6.42. The van der Waals surface area contributed by atoms with Gasteiger partial charge in [0.2, 0.25) is 5.91 Å². The molecule has 0 spiro atoms. The zero-order valence-corrected chi connectivity index (χ0v) is 17.3. The van der Waals surface area contributed by atoms with E-state index in [1.165, 1.54) is 0 Å². The number of anilines is 1. The van der Waals surface area contributed by atoms with Crippen LogP contribution in [0, 0.1) is 5.92 Å². The number of hydrogen-bond donors (Lipinski definition) is 1. The van der Waals surface area contributed by atoms with Crippen LogP contribution in [-0.2, 0) is 9.59 Å². The summed E-state index contributed by atoms with van der Waals surface area (Å²) in [5, 5.41) is 3.11. The fourth-order valence-corrected chi connectivity index (χ4v) is 3.49. The lowest BCUT2D eigenvalue weighted by atomic mass is 9.95. The summed E-state index contributed by atoms with van der Waals surface area (Å²) in [7, 11) is 1.63. The van der Waals surface area contributed by atoms with Crippen molar-refractivity contribution in [2.75, 3.05) is 18.6 Å². The van der Waals surface area contributed by atoms with Crippen LogP contribution < -0.4 is 19.7 Å². The Bertz CT molecular complexity index is 863. The number of carbonyl (C=O) groups is 2. The molecule has 0 saturated carbocycles. The third kappa shape index (κ3) is 4.70. The molecule has 0 fully saturated rings. The molecule has 0 aliphatic carbocycles. The van der Waals surface area contributed by atoms with Crippen LogP contribution in [0.2, 0.25) is 0 Å². The summed E-state index contributed by atoms with van der Waals surface area (Å²) < 4.78 is 10.9. The number of fused-ring (bicyclic) bond motifs is 1. The van der Waals surface area contributed by atoms with Crippen molar-refractivity contribution in [3.05, 3.63) is 54.1 Å². The molecular formula is C23H28N2O4. The molecule has 0 aromatic heterocycles. The summed E-state index contributed by atoms with van der Waals surface area (Å²) in [5.41, 5.74) is 1.73. The van der Waals surface area contributed by atoms with E-state index in [1.807, 2.05) is 48.5 Å². The third-order valence-electron chi connectivity index (χ3n) is 5.09. The predicted octanol–water partition coefficient (Wildman–Crippen LogP) is 3.71. The van der Waals surface area contributed by atoms with Crippen molar-refractivity contribution in [1.82, 2.24) is 5.32 Å². The van der Waals surface area contributed by atoms with Crippen molar-refractivity contribution >= 4 is 17.5 Å². The minimum atomic E-state index is -0.560. The van der Waals surface area contributed by atoms with Gasteiger partial charge in [0, 0.05) is 13.0 Å². The van der Waals surface area contributed by atoms with Crippen molar-refractivity contribution in [3.8, 4) is 11.5 Å². The monoisotopic (exact) mass is 396 g/mol. The Labute approximate surface area is 171 Å². The van der Waals surface area contributed by atoms with E-state index in [2.05, 4.69) is 19.2 Å². The van der Waals surface area contributed by atoms with Crippen molar-refractivity contribution in [3.63, 3.8) is 0 Å². The summed E-state index contributed by atoms with van der Waals surface area (Å²) in [6.07, 6.45) is -0.345. The van der Waals surface area contributed by atoms with Crippen LogP contribution >= 0.6 is 0 Å². The van der Waals surface area contributed by atoms with Crippen LogP contribution in [-0.4, -0.2) is 31.6 Å². The zero-order valence-electron chi connectivity index (χ0n) is 17.3. The number of carbonyl (C=O) groups excluding carboxylic acids is 2. The maximum Gasteiger partial charge on any atom is 0.267 e. The van der Waals surface area contributed by atoms with Gasteiger partial charge in [-0.25, -0.2) is 0 Å². The van der Waals surface area contributed by atoms with Crippen molar-refractivity contribution in [2.45, 2.75) is 39.3 Å². The second-order valence-electron chi connectivity index (χ2n) is 7.53. The van der Waals surface area contributed by atoms with Crippen LogP contribution in [0.1, 0.15) is 38.8 Å². The number of amides is 2. The summed E-state index contributed by atoms with van der Waals surface area (Å²) >= 11 is 0. The first-order valence-electron chi connectivity index (χ1n) is 9.91. The number of methoxy groups -OCH3 is 1. The second-order valence-corrected chi connectivity index (χ2v) is 7.53. The number of benzene rings is 2. The molecule has 3 rings (SSSR count). The van der Waals surface area contributed by atoms with Crippen molar-refractivity contribution < 1.29 is 19.1 Å². The summed E-state index contributed by atoms with van der Waals surface area (Å²) in [5.74, 6) is 1.44. The number of rotatable bonds is 7. The number of para-hydroxylation sites is 2. The Balaban J connectivity index is 1.67. The second kappa shape index (κ2) is 8.99. The predicted molar refractivity (Wildman–Crippen MR) is 112 cm³/mol. The van der Waals surface area contributed by atoms with E-state index in [-0.39, 0.29) is 30.2 Å². The summed E-state index contributed by atoms with van der Waals surface area (Å²) in [6.45, 7) is 6.17. The lowest BCUT2D eigenvalue weighted by Gasteiger charge is -2.33. The molecule has 2 aromatic rings. The number of ether oxygens (including phenoxy) is 2. The van der Waals surface area contributed by atoms with Gasteiger partial charge in [-0.15, -0.1) is 0 Å². The lowest BCUT2D eigenvalue weighted by molar-refractivity contribution is -0.125. The van der Waals surface area contributed by atoms with Gasteiger partial charge in [-0.05, 0) is 42.7 Å². The van der Waals surface area contributed by atoms with Gasteiger partial charge >= 0.3 is 0 Å². The van der Waals surface area contributed by atoms with Crippen molar-refractivity contribution in [2.24, 2.45) is 5.92 Å². The van der Waals surface area contributed by atoms with E-state index in [0.717, 1.165) is 11.3 Å². The minimum absolute atomic E-state index is 0.0936. The first-order valence-corrected chi connectivity index (χ1v) is 9.91. The molecule has 1 aliphatic rings. The van der Waals surface area contributed by atoms with E-state index in [9.17, 15) is 9.59 Å². The van der Waals surface area contributed by atoms with E-state index in [1.54, 1.807) is 18.9 Å². The molecule has 0 saturated heterocycles. The first-order chi connectivity index (χ1) is 13.9. The van der Waals surface area contributed by atoms with Gasteiger partial charge in [0.05, 0.1) is 18.8 Å². The molecule has 6 heteroatoms. The average Bonchev–Trinajstić information content (AvgIpc) is 2.72. The molecule has 2 aromatic carbocycles. The molecule has 2 atom stereocenters. The van der Waals surface area contributed by atoms with E-state index < -0.39 is 6.10 Å². The fraction of sp³-hybridized carbons (Fsp3) is 0.391. The molecule has 0 bridgehead atoms. The van der Waals surface area contributed by atoms with Crippen molar-refractivity contribution in [1.29, 1.82) is 0 Å². The standard InChI is InChI=1S/C23H28N2O4/c1-15(2)22(17-9-11-18(28-4)12-10-17)24-21(26)13-14-25-19-7-5-6-8-20(19)29-16(3)23(25)27/h5-12,15-16,22H,13-14H2,1-4H3,(H,24,26). The van der Waals surface area contributed by atoms with Crippen LogP contribution in [0.4, 0.5) is 5.69 Å². The Morgan fingerprint density at radius 3 is 2.52 bits per heavy atom. The molecule has 6 nitrogen and oxygen atoms in total. The highest BCUT2D eigenvalue weighted by Gasteiger charge is 2.31. The molecule has 1 heterocycles. The largest absolute Gasteiger partial charge is 0.497 e. The quantitative estimate of drug-likeness (QED) is 0.775. The SMILES string of the molecule is COc1ccc(C(NC(=O)CCN2C(=O)C(C)Oc3ccccc32)C(C)C)cc1. The Morgan fingerprint density at radius 2 is 1.86 bits per heavy atom. The lowest BCUT2D eigenvalue weighted by Crippen LogP contribution is -2.46. The maximum absolute atomic E-state index is 12.7. The highest BCUT2D eigenvalue weighted by atomic mass is 16.5. The van der Waals surface area contributed by atoms with Crippen LogP contribution in [0.15, 0.2) is 48.5 Å². The van der Waals surface area contributed by atoms with Crippen LogP contribution in [0.5, 0.6) is 11.5 Å². The Morgan fingerprint density at radius 1 is 1.17 bits per heavy atom. The van der Waals surface area contributed by atoms with Gasteiger partial charge < -0.3 is 19.7 Å². The number of hydrogen-bond acceptors (Lipinski definition) is 4. The maximum atomic E-state index is 12.7. The van der Waals surface area contributed by atoms with Crippen LogP contribution in [0.25, 0.3) is 0 Å². The van der Waals surface area contributed by atoms with Gasteiger partial charge in [-0.3, -0.25) is 9.59 Å². The normalized spacial score (nSPS) is 16.8. The molecule has 2 unspecified atom stereocenters. The topological polar surface area (TPSA) is 67.9 Å². The molecule has 29 heavy (non-hydrogen) atoms. The number of nitrogens with one attached hydrogen (secondary N) is 1. The fourth-order valence-electron chi connectivity index (χ4n) is 3.49. The molecular weight excluding hydrogens is 368 g/mol. The van der Waals surface area contributed by atoms with Crippen LogP contribution in [0.3, 0.4) is 0 Å². The molecule has 2 amide bonds. The highest BCUT2D eigenvalue weighted by Crippen LogP contribution is 2.33. The molecule has 154 valence electrons. The minimum Gasteiger partial charge on any atom is -0.497 e. The molecule has 1 N–H and O–H groups in total. The van der Waals surface area contributed by atoms with Gasteiger partial charge in [0.15, 0.2) is 6.10 Å². The Hall–Kier alpha value is -3.02. The first kappa shape index (κ1) is 20.7. The van der Waals surface area contributed by atoms with E-state index >= 15 is 0 Å².